The summed E-state index contributed by atoms with van der Waals surface area (Å²) in [4.78, 5) is 2.82. The van der Waals surface area contributed by atoms with E-state index in [0.717, 1.165) is 5.56 Å². The molecule has 1 heterocycles. The van der Waals surface area contributed by atoms with Gasteiger partial charge in [0.05, 0.1) is 6.04 Å². The number of aromatic amines is 1. The van der Waals surface area contributed by atoms with Crippen LogP contribution in [0.5, 0.6) is 0 Å². The van der Waals surface area contributed by atoms with Crippen LogP contribution in [0.15, 0.2) is 24.9 Å². The van der Waals surface area contributed by atoms with Crippen molar-refractivity contribution in [2.45, 2.75) is 6.04 Å². The standard InChI is InChI=1S/C7H9ClN2/c1-2-6(9)5-3-4-10-7(5)8/h2-4,6,10H,1,9H2/t6-/m0/s1. The Morgan fingerprint density at radius 3 is 2.90 bits per heavy atom. The number of nitrogens with two attached hydrogens (primary N) is 1. The first-order valence-corrected chi connectivity index (χ1v) is 3.34. The molecule has 10 heavy (non-hydrogen) atoms. The zero-order valence-corrected chi connectivity index (χ0v) is 6.23. The second-order valence-corrected chi connectivity index (χ2v) is 2.39. The minimum absolute atomic E-state index is 0.168. The van der Waals surface area contributed by atoms with E-state index in [2.05, 4.69) is 11.6 Å². The maximum Gasteiger partial charge on any atom is 0.111 e. The van der Waals surface area contributed by atoms with Crippen LogP contribution in [0.2, 0.25) is 5.15 Å². The lowest BCUT2D eigenvalue weighted by molar-refractivity contribution is 0.917. The van der Waals surface area contributed by atoms with Gasteiger partial charge in [-0.1, -0.05) is 17.7 Å². The van der Waals surface area contributed by atoms with Gasteiger partial charge in [-0.05, 0) is 6.07 Å². The van der Waals surface area contributed by atoms with Gasteiger partial charge in [0.2, 0.25) is 0 Å². The zero-order chi connectivity index (χ0) is 7.56. The maximum atomic E-state index is 5.73. The highest BCUT2D eigenvalue weighted by atomic mass is 35.5. The molecule has 0 radical (unpaired) electrons. The van der Waals surface area contributed by atoms with Gasteiger partial charge in [-0.25, -0.2) is 0 Å². The fourth-order valence-corrected chi connectivity index (χ4v) is 0.997. The Bertz CT molecular complexity index is 229. The van der Waals surface area contributed by atoms with Gasteiger partial charge in [-0.3, -0.25) is 0 Å². The number of nitrogens with one attached hydrogen (secondary N) is 1. The lowest BCUT2D eigenvalue weighted by atomic mass is 10.2. The second kappa shape index (κ2) is 2.90. The van der Waals surface area contributed by atoms with Gasteiger partial charge in [-0.15, -0.1) is 6.58 Å². The summed E-state index contributed by atoms with van der Waals surface area (Å²) in [5.74, 6) is 0. The van der Waals surface area contributed by atoms with Crippen LogP contribution in [0.3, 0.4) is 0 Å². The van der Waals surface area contributed by atoms with Gasteiger partial charge in [0.1, 0.15) is 5.15 Å². The summed E-state index contributed by atoms with van der Waals surface area (Å²) < 4.78 is 0. The first-order valence-electron chi connectivity index (χ1n) is 2.96. The zero-order valence-electron chi connectivity index (χ0n) is 5.47. The number of aromatic nitrogens is 1. The summed E-state index contributed by atoms with van der Waals surface area (Å²) in [6.45, 7) is 3.56. The molecule has 0 aliphatic carbocycles. The third-order valence-electron chi connectivity index (χ3n) is 1.34. The molecule has 3 heteroatoms. The lowest BCUT2D eigenvalue weighted by Crippen LogP contribution is -2.05. The minimum Gasteiger partial charge on any atom is -0.352 e. The van der Waals surface area contributed by atoms with E-state index in [9.17, 15) is 0 Å². The molecule has 0 fully saturated rings. The highest BCUT2D eigenvalue weighted by Gasteiger charge is 2.05. The molecule has 0 unspecified atom stereocenters. The van der Waals surface area contributed by atoms with Crippen LogP contribution in [-0.4, -0.2) is 4.98 Å². The molecule has 1 rings (SSSR count). The molecule has 2 nitrogen and oxygen atoms in total. The van der Waals surface area contributed by atoms with Gasteiger partial charge in [0, 0.05) is 11.8 Å². The average Bonchev–Trinajstić information content (AvgIpc) is 2.34. The first kappa shape index (κ1) is 7.38. The minimum atomic E-state index is -0.168. The van der Waals surface area contributed by atoms with E-state index >= 15 is 0 Å². The van der Waals surface area contributed by atoms with Gasteiger partial charge < -0.3 is 10.7 Å². The first-order chi connectivity index (χ1) is 4.75. The maximum absolute atomic E-state index is 5.73. The Labute approximate surface area is 64.7 Å². The molecule has 0 amide bonds. The van der Waals surface area contributed by atoms with Gasteiger partial charge in [0.25, 0.3) is 0 Å². The summed E-state index contributed by atoms with van der Waals surface area (Å²) in [6, 6.07) is 1.67. The van der Waals surface area contributed by atoms with Crippen molar-refractivity contribution >= 4 is 11.6 Å². The third-order valence-corrected chi connectivity index (χ3v) is 1.67. The molecule has 0 saturated carbocycles. The van der Waals surface area contributed by atoms with E-state index in [1.807, 2.05) is 6.07 Å². The second-order valence-electron chi connectivity index (χ2n) is 2.01. The monoisotopic (exact) mass is 156 g/mol. The summed E-state index contributed by atoms with van der Waals surface area (Å²) in [5.41, 5.74) is 6.50. The SMILES string of the molecule is C=C[C@H](N)c1cc[nH]c1Cl. The number of rotatable bonds is 2. The number of H-pyrrole nitrogens is 1. The van der Waals surface area contributed by atoms with Crippen LogP contribution in [0, 0.1) is 0 Å². The van der Waals surface area contributed by atoms with E-state index < -0.39 is 0 Å². The Hall–Kier alpha value is -0.730. The Morgan fingerprint density at radius 2 is 2.50 bits per heavy atom. The van der Waals surface area contributed by atoms with Crippen molar-refractivity contribution in [2.24, 2.45) is 5.73 Å². The van der Waals surface area contributed by atoms with Crippen molar-refractivity contribution < 1.29 is 0 Å². The smallest absolute Gasteiger partial charge is 0.111 e. The van der Waals surface area contributed by atoms with Crippen molar-refractivity contribution in [3.05, 3.63) is 35.6 Å². The van der Waals surface area contributed by atoms with Crippen molar-refractivity contribution in [2.75, 3.05) is 0 Å². The topological polar surface area (TPSA) is 41.8 Å². The predicted octanol–water partition coefficient (Wildman–Crippen LogP) is 1.85. The van der Waals surface area contributed by atoms with E-state index in [-0.39, 0.29) is 6.04 Å². The van der Waals surface area contributed by atoms with Crippen molar-refractivity contribution in [3.63, 3.8) is 0 Å². The van der Waals surface area contributed by atoms with Crippen molar-refractivity contribution in [3.8, 4) is 0 Å². The summed E-state index contributed by atoms with van der Waals surface area (Å²) in [7, 11) is 0. The largest absolute Gasteiger partial charge is 0.352 e. The quantitative estimate of drug-likeness (QED) is 0.631. The summed E-state index contributed by atoms with van der Waals surface area (Å²) >= 11 is 5.73. The third kappa shape index (κ3) is 1.23. The predicted molar refractivity (Wildman–Crippen MR) is 42.9 cm³/mol. The van der Waals surface area contributed by atoms with E-state index in [4.69, 9.17) is 17.3 Å². The molecule has 1 atom stereocenters. The van der Waals surface area contributed by atoms with Crippen LogP contribution in [0.1, 0.15) is 11.6 Å². The van der Waals surface area contributed by atoms with Crippen molar-refractivity contribution in [1.29, 1.82) is 0 Å². The highest BCUT2D eigenvalue weighted by Crippen LogP contribution is 2.19. The molecular weight excluding hydrogens is 148 g/mol. The van der Waals surface area contributed by atoms with Gasteiger partial charge in [0.15, 0.2) is 0 Å². The highest BCUT2D eigenvalue weighted by molar-refractivity contribution is 6.30. The van der Waals surface area contributed by atoms with E-state index in [1.165, 1.54) is 0 Å². The average molecular weight is 157 g/mol. The molecule has 1 aromatic heterocycles. The fourth-order valence-electron chi connectivity index (χ4n) is 0.746. The molecule has 3 N–H and O–H groups in total. The van der Waals surface area contributed by atoms with Crippen LogP contribution >= 0.6 is 11.6 Å². The molecule has 54 valence electrons. The summed E-state index contributed by atoms with van der Waals surface area (Å²) in [5, 5.41) is 0.590. The van der Waals surface area contributed by atoms with E-state index in [1.54, 1.807) is 12.3 Å². The van der Waals surface area contributed by atoms with E-state index in [0.29, 0.717) is 5.15 Å². The summed E-state index contributed by atoms with van der Waals surface area (Å²) in [6.07, 6.45) is 3.40. The van der Waals surface area contributed by atoms with Crippen LogP contribution in [0.25, 0.3) is 0 Å². The molecule has 0 bridgehead atoms. The molecule has 0 aromatic carbocycles. The molecule has 0 aliphatic heterocycles. The fraction of sp³-hybridized carbons (Fsp3) is 0.143. The van der Waals surface area contributed by atoms with Gasteiger partial charge in [-0.2, -0.15) is 0 Å². The number of hydrogen-bond donors (Lipinski definition) is 2. The Balaban J connectivity index is 2.92. The lowest BCUT2D eigenvalue weighted by Gasteiger charge is -2.01. The number of hydrogen-bond acceptors (Lipinski definition) is 1. The molecule has 0 aliphatic rings. The van der Waals surface area contributed by atoms with Crippen molar-refractivity contribution in [1.82, 2.24) is 4.98 Å². The molecule has 1 aromatic rings. The number of halogens is 1. The Kier molecular flexibility index (Phi) is 2.14. The molecule has 0 saturated heterocycles. The normalized spacial score (nSPS) is 13.0. The Morgan fingerprint density at radius 1 is 1.80 bits per heavy atom. The van der Waals surface area contributed by atoms with Crippen LogP contribution in [-0.2, 0) is 0 Å². The van der Waals surface area contributed by atoms with Gasteiger partial charge >= 0.3 is 0 Å². The van der Waals surface area contributed by atoms with Crippen LogP contribution in [0.4, 0.5) is 0 Å². The molecule has 0 spiro atoms. The van der Waals surface area contributed by atoms with Crippen LogP contribution < -0.4 is 5.73 Å². The molecular formula is C7H9ClN2.